The SMILES string of the molecule is CC(N)c1nc(C(=O)N[C@H](C)c2ccncc2)cs1. The number of pyridine rings is 1. The van der Waals surface area contributed by atoms with Crippen molar-refractivity contribution < 1.29 is 4.79 Å². The number of aromatic nitrogens is 2. The Morgan fingerprint density at radius 2 is 2.05 bits per heavy atom. The van der Waals surface area contributed by atoms with Crippen molar-refractivity contribution in [2.45, 2.75) is 25.9 Å². The third-order valence-corrected chi connectivity index (χ3v) is 3.74. The van der Waals surface area contributed by atoms with E-state index in [0.717, 1.165) is 10.6 Å². The summed E-state index contributed by atoms with van der Waals surface area (Å²) in [7, 11) is 0. The highest BCUT2D eigenvalue weighted by Gasteiger charge is 2.15. The Kier molecular flexibility index (Phi) is 4.24. The van der Waals surface area contributed by atoms with Crippen LogP contribution in [0, 0.1) is 0 Å². The first-order chi connectivity index (χ1) is 9.08. The molecular formula is C13H16N4OS. The number of hydrogen-bond donors (Lipinski definition) is 2. The first-order valence-corrected chi connectivity index (χ1v) is 6.87. The molecule has 19 heavy (non-hydrogen) atoms. The summed E-state index contributed by atoms with van der Waals surface area (Å²) in [5.41, 5.74) is 7.15. The van der Waals surface area contributed by atoms with Gasteiger partial charge in [-0.2, -0.15) is 0 Å². The third kappa shape index (κ3) is 3.36. The molecule has 2 atom stereocenters. The predicted octanol–water partition coefficient (Wildman–Crippen LogP) is 2.05. The standard InChI is InChI=1S/C13H16N4OS/c1-8(14)13-17-11(7-19-13)12(18)16-9(2)10-3-5-15-6-4-10/h3-9H,14H2,1-2H3,(H,16,18)/t8?,9-/m1/s1. The van der Waals surface area contributed by atoms with Gasteiger partial charge in [-0.3, -0.25) is 9.78 Å². The fourth-order valence-electron chi connectivity index (χ4n) is 1.61. The van der Waals surface area contributed by atoms with Gasteiger partial charge in [0.15, 0.2) is 0 Å². The molecule has 5 nitrogen and oxygen atoms in total. The smallest absolute Gasteiger partial charge is 0.271 e. The summed E-state index contributed by atoms with van der Waals surface area (Å²) in [5, 5.41) is 5.40. The van der Waals surface area contributed by atoms with Crippen molar-refractivity contribution >= 4 is 17.2 Å². The van der Waals surface area contributed by atoms with Gasteiger partial charge in [-0.15, -0.1) is 11.3 Å². The topological polar surface area (TPSA) is 80.9 Å². The minimum absolute atomic E-state index is 0.0871. The first kappa shape index (κ1) is 13.6. The third-order valence-electron chi connectivity index (χ3n) is 2.70. The maximum Gasteiger partial charge on any atom is 0.271 e. The van der Waals surface area contributed by atoms with Crippen LogP contribution >= 0.6 is 11.3 Å². The molecule has 1 unspecified atom stereocenters. The fourth-order valence-corrected chi connectivity index (χ4v) is 2.36. The van der Waals surface area contributed by atoms with Crippen LogP contribution in [0.2, 0.25) is 0 Å². The molecule has 0 saturated carbocycles. The van der Waals surface area contributed by atoms with E-state index in [9.17, 15) is 4.79 Å². The van der Waals surface area contributed by atoms with Gasteiger partial charge in [-0.05, 0) is 31.5 Å². The molecule has 0 aliphatic rings. The van der Waals surface area contributed by atoms with Gasteiger partial charge >= 0.3 is 0 Å². The normalized spacial score (nSPS) is 13.8. The van der Waals surface area contributed by atoms with Crippen LogP contribution in [0.5, 0.6) is 0 Å². The number of thiazole rings is 1. The van der Waals surface area contributed by atoms with E-state index in [4.69, 9.17) is 5.73 Å². The lowest BCUT2D eigenvalue weighted by molar-refractivity contribution is 0.0935. The first-order valence-electron chi connectivity index (χ1n) is 5.99. The van der Waals surface area contributed by atoms with Gasteiger partial charge in [0.2, 0.25) is 0 Å². The molecule has 0 saturated heterocycles. The molecular weight excluding hydrogens is 260 g/mol. The summed E-state index contributed by atoms with van der Waals surface area (Å²) in [6.07, 6.45) is 3.41. The van der Waals surface area contributed by atoms with Gasteiger partial charge in [0.1, 0.15) is 10.7 Å². The van der Waals surface area contributed by atoms with Crippen LogP contribution in [0.15, 0.2) is 29.9 Å². The quantitative estimate of drug-likeness (QED) is 0.895. The zero-order valence-electron chi connectivity index (χ0n) is 10.8. The minimum atomic E-state index is -0.188. The number of carbonyl (C=O) groups is 1. The Morgan fingerprint density at radius 3 is 2.63 bits per heavy atom. The maximum absolute atomic E-state index is 12.0. The van der Waals surface area contributed by atoms with Gasteiger partial charge < -0.3 is 11.1 Å². The van der Waals surface area contributed by atoms with Crippen molar-refractivity contribution in [2.75, 3.05) is 0 Å². The van der Waals surface area contributed by atoms with Gasteiger partial charge in [0, 0.05) is 17.8 Å². The average molecular weight is 276 g/mol. The zero-order valence-corrected chi connectivity index (χ0v) is 11.6. The maximum atomic E-state index is 12.0. The Bertz CT molecular complexity index is 553. The van der Waals surface area contributed by atoms with Crippen molar-refractivity contribution in [1.29, 1.82) is 0 Å². The van der Waals surface area contributed by atoms with Crippen molar-refractivity contribution in [2.24, 2.45) is 5.73 Å². The highest BCUT2D eigenvalue weighted by Crippen LogP contribution is 2.17. The van der Waals surface area contributed by atoms with E-state index >= 15 is 0 Å². The summed E-state index contributed by atoms with van der Waals surface area (Å²) < 4.78 is 0. The van der Waals surface area contributed by atoms with E-state index in [-0.39, 0.29) is 18.0 Å². The molecule has 2 rings (SSSR count). The van der Waals surface area contributed by atoms with Gasteiger partial charge in [0.05, 0.1) is 12.1 Å². The lowest BCUT2D eigenvalue weighted by Gasteiger charge is -2.12. The van der Waals surface area contributed by atoms with E-state index < -0.39 is 0 Å². The molecule has 0 fully saturated rings. The van der Waals surface area contributed by atoms with Crippen LogP contribution in [0.1, 0.15) is 47.0 Å². The summed E-state index contributed by atoms with van der Waals surface area (Å²) in [6.45, 7) is 3.77. The van der Waals surface area contributed by atoms with Gasteiger partial charge in [-0.25, -0.2) is 4.98 Å². The van der Waals surface area contributed by atoms with Crippen molar-refractivity contribution in [3.63, 3.8) is 0 Å². The van der Waals surface area contributed by atoms with E-state index in [2.05, 4.69) is 15.3 Å². The number of rotatable bonds is 4. The molecule has 2 aromatic rings. The molecule has 100 valence electrons. The number of amides is 1. The van der Waals surface area contributed by atoms with Gasteiger partial charge in [0.25, 0.3) is 5.91 Å². The highest BCUT2D eigenvalue weighted by molar-refractivity contribution is 7.09. The Balaban J connectivity index is 2.04. The van der Waals surface area contributed by atoms with Crippen LogP contribution in [0.25, 0.3) is 0 Å². The molecule has 1 amide bonds. The summed E-state index contributed by atoms with van der Waals surface area (Å²) in [6, 6.07) is 3.51. The van der Waals surface area contributed by atoms with Crippen LogP contribution in [-0.4, -0.2) is 15.9 Å². The molecule has 0 spiro atoms. The fraction of sp³-hybridized carbons (Fsp3) is 0.308. The average Bonchev–Trinajstić information content (AvgIpc) is 2.89. The van der Waals surface area contributed by atoms with Crippen LogP contribution < -0.4 is 11.1 Å². The molecule has 0 bridgehead atoms. The van der Waals surface area contributed by atoms with Crippen molar-refractivity contribution in [3.05, 3.63) is 46.2 Å². The number of nitrogens with two attached hydrogens (primary N) is 1. The molecule has 6 heteroatoms. The van der Waals surface area contributed by atoms with Crippen LogP contribution in [0.4, 0.5) is 0 Å². The van der Waals surface area contributed by atoms with Crippen LogP contribution in [-0.2, 0) is 0 Å². The second-order valence-corrected chi connectivity index (χ2v) is 5.23. The monoisotopic (exact) mass is 276 g/mol. The number of hydrogen-bond acceptors (Lipinski definition) is 5. The Morgan fingerprint density at radius 1 is 1.37 bits per heavy atom. The molecule has 0 aromatic carbocycles. The number of carbonyl (C=O) groups excluding carboxylic acids is 1. The molecule has 2 heterocycles. The molecule has 0 aliphatic carbocycles. The zero-order chi connectivity index (χ0) is 13.8. The summed E-state index contributed by atoms with van der Waals surface area (Å²) in [5.74, 6) is -0.188. The van der Waals surface area contributed by atoms with Crippen molar-refractivity contribution in [3.8, 4) is 0 Å². The number of nitrogens with zero attached hydrogens (tertiary/aromatic N) is 2. The second kappa shape index (κ2) is 5.90. The summed E-state index contributed by atoms with van der Waals surface area (Å²) in [4.78, 5) is 20.2. The number of nitrogens with one attached hydrogen (secondary N) is 1. The molecule has 0 radical (unpaired) electrons. The highest BCUT2D eigenvalue weighted by atomic mass is 32.1. The lowest BCUT2D eigenvalue weighted by Crippen LogP contribution is -2.27. The Labute approximate surface area is 115 Å². The Hall–Kier alpha value is -1.79. The summed E-state index contributed by atoms with van der Waals surface area (Å²) >= 11 is 1.40. The molecule has 2 aromatic heterocycles. The lowest BCUT2D eigenvalue weighted by atomic mass is 10.1. The predicted molar refractivity (Wildman–Crippen MR) is 74.8 cm³/mol. The minimum Gasteiger partial charge on any atom is -0.344 e. The second-order valence-electron chi connectivity index (χ2n) is 4.34. The molecule has 0 aliphatic heterocycles. The van der Waals surface area contributed by atoms with E-state index in [1.807, 2.05) is 26.0 Å². The largest absolute Gasteiger partial charge is 0.344 e. The molecule has 3 N–H and O–H groups in total. The van der Waals surface area contributed by atoms with Gasteiger partial charge in [-0.1, -0.05) is 0 Å². The van der Waals surface area contributed by atoms with Crippen molar-refractivity contribution in [1.82, 2.24) is 15.3 Å². The van der Waals surface area contributed by atoms with E-state index in [0.29, 0.717) is 5.69 Å². The van der Waals surface area contributed by atoms with E-state index in [1.165, 1.54) is 11.3 Å². The van der Waals surface area contributed by atoms with Crippen LogP contribution in [0.3, 0.4) is 0 Å². The van der Waals surface area contributed by atoms with E-state index in [1.54, 1.807) is 17.8 Å².